The van der Waals surface area contributed by atoms with E-state index in [1.165, 1.54) is 16.0 Å². The zero-order valence-corrected chi connectivity index (χ0v) is 15.2. The van der Waals surface area contributed by atoms with E-state index >= 15 is 0 Å². The highest BCUT2D eigenvalue weighted by atomic mass is 35.5. The SMILES string of the molecule is N=C(Cc1ccc2nc(Cl)sc2c1)n1nc(-c2ccccc2)ccc1=N. The predicted molar refractivity (Wildman–Crippen MR) is 105 cm³/mol. The van der Waals surface area contributed by atoms with E-state index in [4.69, 9.17) is 22.4 Å². The Morgan fingerprint density at radius 1 is 1.08 bits per heavy atom. The van der Waals surface area contributed by atoms with Crippen LogP contribution in [-0.2, 0) is 6.42 Å². The van der Waals surface area contributed by atoms with Crippen molar-refractivity contribution in [3.63, 3.8) is 0 Å². The molecule has 0 aliphatic carbocycles. The van der Waals surface area contributed by atoms with Crippen LogP contribution in [0.1, 0.15) is 5.56 Å². The second-order valence-corrected chi connectivity index (χ2v) is 7.39. The van der Waals surface area contributed by atoms with E-state index < -0.39 is 0 Å². The van der Waals surface area contributed by atoms with Crippen LogP contribution in [0.5, 0.6) is 0 Å². The molecule has 0 saturated heterocycles. The third-order valence-electron chi connectivity index (χ3n) is 3.96. The van der Waals surface area contributed by atoms with Crippen molar-refractivity contribution in [2.75, 3.05) is 0 Å². The van der Waals surface area contributed by atoms with Crippen LogP contribution in [0.15, 0.2) is 60.7 Å². The average Bonchev–Trinajstić information content (AvgIpc) is 3.02. The molecule has 0 fully saturated rings. The number of hydrogen-bond acceptors (Lipinski definition) is 5. The van der Waals surface area contributed by atoms with Gasteiger partial charge in [-0.25, -0.2) is 9.67 Å². The van der Waals surface area contributed by atoms with Gasteiger partial charge in [-0.15, -0.1) is 11.3 Å². The molecule has 0 aliphatic rings. The molecule has 0 saturated carbocycles. The number of fused-ring (bicyclic) bond motifs is 1. The number of aromatic nitrogens is 3. The largest absolute Gasteiger partial charge is 0.286 e. The van der Waals surface area contributed by atoms with Gasteiger partial charge in [0.15, 0.2) is 4.47 Å². The summed E-state index contributed by atoms with van der Waals surface area (Å²) in [6.07, 6.45) is 0.368. The molecule has 26 heavy (non-hydrogen) atoms. The van der Waals surface area contributed by atoms with Gasteiger partial charge in [-0.05, 0) is 29.8 Å². The van der Waals surface area contributed by atoms with E-state index in [9.17, 15) is 0 Å². The van der Waals surface area contributed by atoms with Crippen LogP contribution in [0.3, 0.4) is 0 Å². The smallest absolute Gasteiger partial charge is 0.184 e. The Balaban J connectivity index is 1.65. The summed E-state index contributed by atoms with van der Waals surface area (Å²) in [6, 6.07) is 19.0. The minimum Gasteiger partial charge on any atom is -0.286 e. The van der Waals surface area contributed by atoms with Crippen molar-refractivity contribution in [1.29, 1.82) is 10.8 Å². The molecule has 0 bridgehead atoms. The monoisotopic (exact) mass is 379 g/mol. The summed E-state index contributed by atoms with van der Waals surface area (Å²) in [7, 11) is 0. The van der Waals surface area contributed by atoms with Gasteiger partial charge >= 0.3 is 0 Å². The van der Waals surface area contributed by atoms with Crippen LogP contribution in [0.25, 0.3) is 21.5 Å². The average molecular weight is 380 g/mol. The molecular weight excluding hydrogens is 366 g/mol. The van der Waals surface area contributed by atoms with E-state index in [0.29, 0.717) is 10.9 Å². The van der Waals surface area contributed by atoms with Gasteiger partial charge in [0.05, 0.1) is 15.9 Å². The van der Waals surface area contributed by atoms with Gasteiger partial charge < -0.3 is 0 Å². The molecule has 2 N–H and O–H groups in total. The van der Waals surface area contributed by atoms with Gasteiger partial charge in [0.25, 0.3) is 0 Å². The third kappa shape index (κ3) is 3.29. The third-order valence-corrected chi connectivity index (χ3v) is 5.08. The van der Waals surface area contributed by atoms with E-state index in [2.05, 4.69) is 10.1 Å². The Morgan fingerprint density at radius 2 is 1.88 bits per heavy atom. The summed E-state index contributed by atoms with van der Waals surface area (Å²) in [5.41, 5.74) is 3.68. The summed E-state index contributed by atoms with van der Waals surface area (Å²) < 4.78 is 2.86. The van der Waals surface area contributed by atoms with E-state index in [1.54, 1.807) is 12.1 Å². The molecule has 5 nitrogen and oxygen atoms in total. The number of hydrogen-bond donors (Lipinski definition) is 2. The molecule has 4 rings (SSSR count). The molecule has 4 aromatic rings. The maximum Gasteiger partial charge on any atom is 0.184 e. The number of halogens is 1. The number of nitrogens with one attached hydrogen (secondary N) is 2. The molecule has 2 heterocycles. The van der Waals surface area contributed by atoms with Crippen LogP contribution < -0.4 is 5.49 Å². The first-order chi connectivity index (χ1) is 12.6. The summed E-state index contributed by atoms with van der Waals surface area (Å²) in [5.74, 6) is 0.239. The van der Waals surface area contributed by atoms with Crippen molar-refractivity contribution in [1.82, 2.24) is 14.8 Å². The molecule has 0 spiro atoms. The summed E-state index contributed by atoms with van der Waals surface area (Å²) in [6.45, 7) is 0. The Hall–Kier alpha value is -2.83. The van der Waals surface area contributed by atoms with Gasteiger partial charge in [-0.2, -0.15) is 5.10 Å². The fourth-order valence-corrected chi connectivity index (χ4v) is 3.81. The summed E-state index contributed by atoms with van der Waals surface area (Å²) in [5, 5.41) is 21.0. The molecule has 0 amide bonds. The fraction of sp³-hybridized carbons (Fsp3) is 0.0526. The molecule has 128 valence electrons. The maximum atomic E-state index is 8.42. The van der Waals surface area contributed by atoms with Crippen LogP contribution in [0.4, 0.5) is 0 Å². The second kappa shape index (κ2) is 6.82. The predicted octanol–water partition coefficient (Wildman–Crippen LogP) is 4.36. The summed E-state index contributed by atoms with van der Waals surface area (Å²) >= 11 is 7.38. The number of rotatable bonds is 3. The molecule has 2 aromatic heterocycles. The Labute approximate surface area is 158 Å². The van der Waals surface area contributed by atoms with E-state index in [-0.39, 0.29) is 11.3 Å². The lowest BCUT2D eigenvalue weighted by Crippen LogP contribution is -2.30. The van der Waals surface area contributed by atoms with Crippen molar-refractivity contribution in [2.24, 2.45) is 0 Å². The van der Waals surface area contributed by atoms with Gasteiger partial charge in [-0.1, -0.05) is 48.0 Å². The number of benzene rings is 2. The Kier molecular flexibility index (Phi) is 4.36. The van der Waals surface area contributed by atoms with Crippen LogP contribution in [-0.4, -0.2) is 20.6 Å². The molecule has 2 aromatic carbocycles. The molecular formula is C19H14ClN5S. The van der Waals surface area contributed by atoms with Gasteiger partial charge in [-0.3, -0.25) is 10.8 Å². The van der Waals surface area contributed by atoms with Crippen molar-refractivity contribution < 1.29 is 0 Å². The van der Waals surface area contributed by atoms with E-state index in [1.807, 2.05) is 48.5 Å². The topological polar surface area (TPSA) is 78.4 Å². The second-order valence-electron chi connectivity index (χ2n) is 5.77. The van der Waals surface area contributed by atoms with Crippen LogP contribution >= 0.6 is 22.9 Å². The quantitative estimate of drug-likeness (QED) is 0.409. The zero-order chi connectivity index (χ0) is 18.1. The lowest BCUT2D eigenvalue weighted by Gasteiger charge is -2.10. The minimum absolute atomic E-state index is 0.177. The van der Waals surface area contributed by atoms with Gasteiger partial charge in [0, 0.05) is 12.0 Å². The van der Waals surface area contributed by atoms with Crippen LogP contribution in [0.2, 0.25) is 4.47 Å². The first-order valence-corrected chi connectivity index (χ1v) is 9.13. The van der Waals surface area contributed by atoms with Gasteiger partial charge in [0.1, 0.15) is 11.3 Å². The Bertz CT molecular complexity index is 1160. The molecule has 0 atom stereocenters. The first-order valence-electron chi connectivity index (χ1n) is 7.93. The highest BCUT2D eigenvalue weighted by Gasteiger charge is 2.09. The van der Waals surface area contributed by atoms with Crippen molar-refractivity contribution in [3.8, 4) is 11.3 Å². The van der Waals surface area contributed by atoms with E-state index in [0.717, 1.165) is 27.0 Å². The zero-order valence-electron chi connectivity index (χ0n) is 13.6. The standard InChI is InChI=1S/C19H14ClN5S/c20-19-23-15-7-6-12(10-16(15)26-19)11-18(22)25-17(21)9-8-14(24-25)13-4-2-1-3-5-13/h1-10,21-22H,11H2. The summed E-state index contributed by atoms with van der Waals surface area (Å²) in [4.78, 5) is 4.23. The fourth-order valence-electron chi connectivity index (χ4n) is 2.71. The van der Waals surface area contributed by atoms with Crippen molar-refractivity contribution in [3.05, 3.63) is 76.2 Å². The van der Waals surface area contributed by atoms with Crippen molar-refractivity contribution >= 4 is 39.0 Å². The first kappa shape index (κ1) is 16.6. The molecule has 0 unspecified atom stereocenters. The minimum atomic E-state index is 0.177. The van der Waals surface area contributed by atoms with Crippen LogP contribution in [0, 0.1) is 10.8 Å². The highest BCUT2D eigenvalue weighted by Crippen LogP contribution is 2.26. The molecule has 0 radical (unpaired) electrons. The number of nitrogens with zero attached hydrogens (tertiary/aromatic N) is 3. The Morgan fingerprint density at radius 3 is 2.69 bits per heavy atom. The maximum absolute atomic E-state index is 8.42. The number of thiazole rings is 1. The van der Waals surface area contributed by atoms with Crippen molar-refractivity contribution in [2.45, 2.75) is 6.42 Å². The molecule has 7 heteroatoms. The van der Waals surface area contributed by atoms with Gasteiger partial charge in [0.2, 0.25) is 0 Å². The highest BCUT2D eigenvalue weighted by molar-refractivity contribution is 7.22. The normalized spacial score (nSPS) is 11.0. The molecule has 0 aliphatic heterocycles. The lowest BCUT2D eigenvalue weighted by atomic mass is 10.1. The lowest BCUT2D eigenvalue weighted by molar-refractivity contribution is 0.800.